The van der Waals surface area contributed by atoms with Crippen LogP contribution in [0.5, 0.6) is 0 Å². The van der Waals surface area contributed by atoms with Crippen molar-refractivity contribution in [1.29, 1.82) is 0 Å². The third-order valence-electron chi connectivity index (χ3n) is 4.09. The van der Waals surface area contributed by atoms with Crippen LogP contribution >= 0.6 is 11.6 Å². The van der Waals surface area contributed by atoms with E-state index < -0.39 is 28.5 Å². The maximum absolute atomic E-state index is 12.4. The second-order valence-electron chi connectivity index (χ2n) is 5.94. The lowest BCUT2D eigenvalue weighted by atomic mass is 10.1. The number of β-amino-alcohol motifs (C(OH)–C–C–N with tert-alkyl or cyclic N) is 1. The zero-order valence-corrected chi connectivity index (χ0v) is 14.8. The molecule has 1 aliphatic heterocycles. The number of nitro groups is 1. The molecule has 2 aromatic carbocycles. The number of hydrogen-bond donors (Lipinski definition) is 1. The molecule has 1 heterocycles. The molecule has 3 rings (SSSR count). The molecule has 1 atom stereocenters. The largest absolute Gasteiger partial charge is 0.389 e. The number of fused-ring (bicyclic) bond motifs is 1. The van der Waals surface area contributed by atoms with Crippen molar-refractivity contribution in [2.45, 2.75) is 12.7 Å². The van der Waals surface area contributed by atoms with E-state index in [4.69, 9.17) is 16.3 Å². The van der Waals surface area contributed by atoms with Crippen molar-refractivity contribution in [3.05, 3.63) is 74.3 Å². The lowest BCUT2D eigenvalue weighted by Crippen LogP contribution is -2.38. The van der Waals surface area contributed by atoms with Gasteiger partial charge in [-0.15, -0.1) is 0 Å². The summed E-state index contributed by atoms with van der Waals surface area (Å²) < 4.78 is 5.39. The first-order chi connectivity index (χ1) is 12.9. The minimum atomic E-state index is -1.14. The highest BCUT2D eigenvalue weighted by Crippen LogP contribution is 2.30. The molecule has 2 aromatic rings. The Bertz CT molecular complexity index is 916. The van der Waals surface area contributed by atoms with Crippen LogP contribution in [-0.2, 0) is 11.3 Å². The zero-order valence-electron chi connectivity index (χ0n) is 14.0. The van der Waals surface area contributed by atoms with Gasteiger partial charge in [0.25, 0.3) is 17.5 Å². The highest BCUT2D eigenvalue weighted by molar-refractivity contribution is 6.31. The van der Waals surface area contributed by atoms with E-state index in [1.165, 1.54) is 12.1 Å². The molecule has 0 spiro atoms. The first-order valence-electron chi connectivity index (χ1n) is 8.03. The van der Waals surface area contributed by atoms with Crippen LogP contribution in [0.25, 0.3) is 0 Å². The number of benzene rings is 2. The van der Waals surface area contributed by atoms with Crippen LogP contribution in [0.1, 0.15) is 26.3 Å². The second-order valence-corrected chi connectivity index (χ2v) is 6.35. The van der Waals surface area contributed by atoms with Gasteiger partial charge in [-0.1, -0.05) is 35.9 Å². The summed E-state index contributed by atoms with van der Waals surface area (Å²) in [4.78, 5) is 36.0. The van der Waals surface area contributed by atoms with Crippen molar-refractivity contribution in [2.24, 2.45) is 0 Å². The molecule has 2 amide bonds. The number of aliphatic hydroxyl groups is 1. The molecule has 0 fully saturated rings. The molecular weight excluding hydrogens is 376 g/mol. The molecule has 0 aliphatic carbocycles. The van der Waals surface area contributed by atoms with Crippen molar-refractivity contribution in [1.82, 2.24) is 4.90 Å². The van der Waals surface area contributed by atoms with E-state index in [1.807, 2.05) is 0 Å². The lowest BCUT2D eigenvalue weighted by Gasteiger charge is -2.18. The third-order valence-corrected chi connectivity index (χ3v) is 4.46. The fourth-order valence-corrected chi connectivity index (χ4v) is 3.01. The van der Waals surface area contributed by atoms with E-state index in [0.29, 0.717) is 5.02 Å². The number of imide groups is 1. The number of nitro benzene ring substituents is 1. The van der Waals surface area contributed by atoms with Crippen molar-refractivity contribution in [3.8, 4) is 0 Å². The fraction of sp³-hybridized carbons (Fsp3) is 0.222. The van der Waals surface area contributed by atoms with E-state index in [9.17, 15) is 24.8 Å². The van der Waals surface area contributed by atoms with Crippen molar-refractivity contribution >= 4 is 29.1 Å². The summed E-state index contributed by atoms with van der Waals surface area (Å²) in [6, 6.07) is 10.9. The molecule has 0 aromatic heterocycles. The van der Waals surface area contributed by atoms with E-state index in [1.54, 1.807) is 24.3 Å². The Kier molecular flexibility index (Phi) is 5.50. The van der Waals surface area contributed by atoms with Crippen molar-refractivity contribution < 1.29 is 24.4 Å². The van der Waals surface area contributed by atoms with Gasteiger partial charge in [0, 0.05) is 11.1 Å². The summed E-state index contributed by atoms with van der Waals surface area (Å²) in [6.07, 6.45) is -1.14. The second kappa shape index (κ2) is 7.83. The summed E-state index contributed by atoms with van der Waals surface area (Å²) in [5, 5.41) is 21.7. The summed E-state index contributed by atoms with van der Waals surface area (Å²) in [5.41, 5.74) is 0.00982. The first kappa shape index (κ1) is 19.0. The van der Waals surface area contributed by atoms with Gasteiger partial charge < -0.3 is 9.84 Å². The number of carbonyl (C=O) groups excluding carboxylic acids is 2. The van der Waals surface area contributed by atoms with E-state index in [2.05, 4.69) is 0 Å². The van der Waals surface area contributed by atoms with Gasteiger partial charge in [0.2, 0.25) is 0 Å². The number of rotatable bonds is 7. The fourth-order valence-electron chi connectivity index (χ4n) is 2.82. The van der Waals surface area contributed by atoms with Crippen LogP contribution in [0.3, 0.4) is 0 Å². The molecule has 1 N–H and O–H groups in total. The number of aliphatic hydroxyl groups excluding tert-OH is 1. The molecule has 1 aliphatic rings. The Morgan fingerprint density at radius 1 is 1.15 bits per heavy atom. The number of amides is 2. The zero-order chi connectivity index (χ0) is 19.6. The van der Waals surface area contributed by atoms with E-state index >= 15 is 0 Å². The van der Waals surface area contributed by atoms with Crippen LogP contribution < -0.4 is 0 Å². The average Bonchev–Trinajstić information content (AvgIpc) is 2.88. The molecule has 27 heavy (non-hydrogen) atoms. The number of nitrogens with zero attached hydrogens (tertiary/aromatic N) is 2. The van der Waals surface area contributed by atoms with Crippen LogP contribution in [-0.4, -0.2) is 46.0 Å². The summed E-state index contributed by atoms with van der Waals surface area (Å²) in [7, 11) is 0. The van der Waals surface area contributed by atoms with E-state index in [0.717, 1.165) is 16.5 Å². The van der Waals surface area contributed by atoms with E-state index in [-0.39, 0.29) is 30.9 Å². The summed E-state index contributed by atoms with van der Waals surface area (Å²) in [5.74, 6) is -1.48. The van der Waals surface area contributed by atoms with Crippen molar-refractivity contribution in [2.75, 3.05) is 13.2 Å². The monoisotopic (exact) mass is 390 g/mol. The van der Waals surface area contributed by atoms with Gasteiger partial charge in [0.15, 0.2) is 0 Å². The Morgan fingerprint density at radius 2 is 1.89 bits per heavy atom. The van der Waals surface area contributed by atoms with Gasteiger partial charge in [0.1, 0.15) is 5.56 Å². The highest BCUT2D eigenvalue weighted by atomic mass is 35.5. The molecule has 0 unspecified atom stereocenters. The van der Waals surface area contributed by atoms with Gasteiger partial charge in [-0.25, -0.2) is 0 Å². The number of ether oxygens (including phenoxy) is 1. The molecule has 8 nitrogen and oxygen atoms in total. The Morgan fingerprint density at radius 3 is 2.59 bits per heavy atom. The predicted molar refractivity (Wildman–Crippen MR) is 95.6 cm³/mol. The minimum Gasteiger partial charge on any atom is -0.389 e. The highest BCUT2D eigenvalue weighted by Gasteiger charge is 2.41. The van der Waals surface area contributed by atoms with Gasteiger partial charge in [-0.2, -0.15) is 0 Å². The van der Waals surface area contributed by atoms with Crippen LogP contribution in [0.4, 0.5) is 5.69 Å². The maximum atomic E-state index is 12.4. The standard InChI is InChI=1S/C18H15ClN2O6/c19-14-6-2-1-4-11(14)9-27-10-12(22)8-20-17(23)13-5-3-7-15(21(25)26)16(13)18(20)24/h1-7,12,22H,8-10H2/t12-/m0/s1. The number of hydrogen-bond acceptors (Lipinski definition) is 6. The maximum Gasteiger partial charge on any atom is 0.282 e. The first-order valence-corrected chi connectivity index (χ1v) is 8.40. The molecule has 0 bridgehead atoms. The predicted octanol–water partition coefficient (Wildman–Crippen LogP) is 2.42. The normalized spacial score (nSPS) is 14.4. The minimum absolute atomic E-state index is 0.0432. The van der Waals surface area contributed by atoms with Crippen LogP contribution in [0, 0.1) is 10.1 Å². The Hall–Kier alpha value is -2.81. The average molecular weight is 391 g/mol. The van der Waals surface area contributed by atoms with Gasteiger partial charge in [0.05, 0.1) is 36.3 Å². The lowest BCUT2D eigenvalue weighted by molar-refractivity contribution is -0.385. The smallest absolute Gasteiger partial charge is 0.282 e. The number of carbonyl (C=O) groups is 2. The molecule has 0 saturated heterocycles. The Balaban J connectivity index is 1.63. The molecular formula is C18H15ClN2O6. The van der Waals surface area contributed by atoms with Gasteiger partial charge >= 0.3 is 0 Å². The van der Waals surface area contributed by atoms with Gasteiger partial charge in [-0.3, -0.25) is 24.6 Å². The molecule has 0 saturated carbocycles. The van der Waals surface area contributed by atoms with Crippen LogP contribution in [0.15, 0.2) is 42.5 Å². The third kappa shape index (κ3) is 3.82. The molecule has 9 heteroatoms. The summed E-state index contributed by atoms with van der Waals surface area (Å²) in [6.45, 7) is -0.308. The summed E-state index contributed by atoms with van der Waals surface area (Å²) >= 11 is 6.01. The molecule has 0 radical (unpaired) electrons. The Labute approximate surface area is 159 Å². The quantitative estimate of drug-likeness (QED) is 0.441. The van der Waals surface area contributed by atoms with Crippen molar-refractivity contribution in [3.63, 3.8) is 0 Å². The van der Waals surface area contributed by atoms with Crippen LogP contribution in [0.2, 0.25) is 5.02 Å². The van der Waals surface area contributed by atoms with Gasteiger partial charge in [-0.05, 0) is 17.7 Å². The number of halogens is 1. The SMILES string of the molecule is O=C1c2cccc([N+](=O)[O-])c2C(=O)N1C[C@H](O)COCc1ccccc1Cl. The topological polar surface area (TPSA) is 110 Å². The molecule has 140 valence electrons.